The van der Waals surface area contributed by atoms with Crippen molar-refractivity contribution >= 4 is 17.9 Å². The van der Waals surface area contributed by atoms with Crippen LogP contribution in [0.1, 0.15) is 59.9 Å². The van der Waals surface area contributed by atoms with E-state index in [0.29, 0.717) is 58.9 Å². The van der Waals surface area contributed by atoms with Gasteiger partial charge in [-0.15, -0.1) is 0 Å². The van der Waals surface area contributed by atoms with Gasteiger partial charge >= 0.3 is 17.9 Å². The molecule has 1 aliphatic heterocycles. The predicted octanol–water partition coefficient (Wildman–Crippen LogP) is 3.15. The summed E-state index contributed by atoms with van der Waals surface area (Å²) in [6, 6.07) is 22.1. The number of fused-ring (bicyclic) bond motifs is 2. The standard InChI is InChI=1S/C35H39N7O6/c1-46-33(43)30-13-5-10-27(37-30)20-40-16-18-41(23-28-11-6-14-31(38-28)34(44)47-2)21-25-8-4-9-26(36-25)22-42(19-17-40)24-29-12-7-15-32(39-29)35(45)48-3/h4-15H,16-24H2,1-3H3. The Kier molecular flexibility index (Phi) is 11.9. The summed E-state index contributed by atoms with van der Waals surface area (Å²) in [6.45, 7) is 5.28. The van der Waals surface area contributed by atoms with Gasteiger partial charge in [0.25, 0.3) is 0 Å². The maximum Gasteiger partial charge on any atom is 0.356 e. The minimum absolute atomic E-state index is 0.255. The second-order valence-electron chi connectivity index (χ2n) is 11.3. The van der Waals surface area contributed by atoms with E-state index >= 15 is 0 Å². The number of esters is 3. The van der Waals surface area contributed by atoms with Crippen molar-refractivity contribution < 1.29 is 28.6 Å². The molecule has 0 spiro atoms. The molecular formula is C35H39N7O6. The van der Waals surface area contributed by atoms with Crippen LogP contribution in [0.3, 0.4) is 0 Å². The third-order valence-electron chi connectivity index (χ3n) is 7.86. The summed E-state index contributed by atoms with van der Waals surface area (Å²) in [6.07, 6.45) is 0. The first-order valence-corrected chi connectivity index (χ1v) is 15.6. The van der Waals surface area contributed by atoms with Gasteiger partial charge in [0.15, 0.2) is 0 Å². The molecule has 4 aromatic heterocycles. The molecule has 0 amide bonds. The first-order valence-electron chi connectivity index (χ1n) is 15.6. The molecule has 0 radical (unpaired) electrons. The van der Waals surface area contributed by atoms with E-state index in [-0.39, 0.29) is 17.1 Å². The average Bonchev–Trinajstić information content (AvgIpc) is 3.11. The first-order chi connectivity index (χ1) is 23.3. The second-order valence-corrected chi connectivity index (χ2v) is 11.3. The molecule has 0 saturated carbocycles. The third kappa shape index (κ3) is 9.47. The quantitative estimate of drug-likeness (QED) is 0.193. The van der Waals surface area contributed by atoms with Crippen molar-refractivity contribution in [2.45, 2.75) is 32.7 Å². The molecule has 0 aliphatic carbocycles. The molecule has 48 heavy (non-hydrogen) atoms. The van der Waals surface area contributed by atoms with E-state index in [9.17, 15) is 14.4 Å². The fourth-order valence-electron chi connectivity index (χ4n) is 5.47. The zero-order chi connectivity index (χ0) is 33.9. The number of aromatic nitrogens is 4. The van der Waals surface area contributed by atoms with Gasteiger partial charge in [-0.25, -0.2) is 29.3 Å². The van der Waals surface area contributed by atoms with E-state index < -0.39 is 17.9 Å². The molecule has 0 aromatic carbocycles. The summed E-state index contributed by atoms with van der Waals surface area (Å²) in [4.78, 5) is 62.0. The smallest absolute Gasteiger partial charge is 0.356 e. The molecule has 13 nitrogen and oxygen atoms in total. The van der Waals surface area contributed by atoms with Crippen LogP contribution in [0.15, 0.2) is 72.8 Å². The first kappa shape index (κ1) is 34.2. The molecule has 2 bridgehead atoms. The van der Waals surface area contributed by atoms with E-state index in [2.05, 4.69) is 29.7 Å². The Morgan fingerprint density at radius 2 is 0.833 bits per heavy atom. The van der Waals surface area contributed by atoms with Gasteiger partial charge in [0.2, 0.25) is 0 Å². The lowest BCUT2D eigenvalue weighted by atomic mass is 10.2. The van der Waals surface area contributed by atoms with Crippen LogP contribution in [0.4, 0.5) is 0 Å². The number of nitrogens with zero attached hydrogens (tertiary/aromatic N) is 7. The fraction of sp³-hybridized carbons (Fsp3) is 0.343. The van der Waals surface area contributed by atoms with Crippen molar-refractivity contribution in [2.75, 3.05) is 47.5 Å². The van der Waals surface area contributed by atoms with Gasteiger partial charge in [-0.05, 0) is 48.5 Å². The number of methoxy groups -OCH3 is 3. The van der Waals surface area contributed by atoms with Crippen LogP contribution in [0, 0.1) is 0 Å². The van der Waals surface area contributed by atoms with Gasteiger partial charge < -0.3 is 14.2 Å². The zero-order valence-electron chi connectivity index (χ0n) is 27.4. The van der Waals surface area contributed by atoms with E-state index in [4.69, 9.17) is 19.2 Å². The highest BCUT2D eigenvalue weighted by Crippen LogP contribution is 2.15. The summed E-state index contributed by atoms with van der Waals surface area (Å²) < 4.78 is 14.6. The topological polar surface area (TPSA) is 140 Å². The molecule has 0 saturated heterocycles. The summed E-state index contributed by atoms with van der Waals surface area (Å²) in [7, 11) is 4.02. The number of hydrogen-bond acceptors (Lipinski definition) is 13. The summed E-state index contributed by atoms with van der Waals surface area (Å²) in [5, 5.41) is 0. The molecule has 0 atom stereocenters. The lowest BCUT2D eigenvalue weighted by Gasteiger charge is -2.31. The minimum Gasteiger partial charge on any atom is -0.464 e. The van der Waals surface area contributed by atoms with E-state index in [1.807, 2.05) is 42.5 Å². The maximum atomic E-state index is 12.2. The van der Waals surface area contributed by atoms with Crippen molar-refractivity contribution in [3.05, 3.63) is 118 Å². The number of carbonyl (C=O) groups excluding carboxylic acids is 3. The number of carbonyl (C=O) groups is 3. The fourth-order valence-corrected chi connectivity index (χ4v) is 5.47. The summed E-state index contributed by atoms with van der Waals surface area (Å²) in [5.74, 6) is -1.45. The van der Waals surface area contributed by atoms with E-state index in [1.54, 1.807) is 30.3 Å². The van der Waals surface area contributed by atoms with Crippen LogP contribution >= 0.6 is 0 Å². The summed E-state index contributed by atoms with van der Waals surface area (Å²) >= 11 is 0. The van der Waals surface area contributed by atoms with Crippen LogP contribution in [0.5, 0.6) is 0 Å². The third-order valence-corrected chi connectivity index (χ3v) is 7.86. The van der Waals surface area contributed by atoms with E-state index in [0.717, 1.165) is 28.5 Å². The SMILES string of the molecule is COC(=O)c1cccc(CN2CCN(Cc3cccc(C(=O)OC)n3)Cc3cccc(n3)CN(Cc3cccc(C(=O)OC)n3)CC2)n1. The predicted molar refractivity (Wildman–Crippen MR) is 174 cm³/mol. The molecule has 5 rings (SSSR count). The number of ether oxygens (including phenoxy) is 3. The number of rotatable bonds is 9. The monoisotopic (exact) mass is 653 g/mol. The van der Waals surface area contributed by atoms with E-state index in [1.165, 1.54) is 21.3 Å². The molecule has 13 heteroatoms. The number of hydrogen-bond donors (Lipinski definition) is 0. The van der Waals surface area contributed by atoms with Crippen molar-refractivity contribution in [2.24, 2.45) is 0 Å². The highest BCUT2D eigenvalue weighted by molar-refractivity contribution is 5.87. The molecule has 0 N–H and O–H groups in total. The Morgan fingerprint density at radius 3 is 1.21 bits per heavy atom. The lowest BCUT2D eigenvalue weighted by molar-refractivity contribution is 0.0584. The van der Waals surface area contributed by atoms with Crippen LogP contribution in [-0.2, 0) is 46.9 Å². The Bertz CT molecular complexity index is 1640. The Hall–Kier alpha value is -5.11. The van der Waals surface area contributed by atoms with Gasteiger partial charge in [-0.2, -0.15) is 0 Å². The molecule has 0 fully saturated rings. The van der Waals surface area contributed by atoms with Gasteiger partial charge in [-0.1, -0.05) is 24.3 Å². The molecular weight excluding hydrogens is 614 g/mol. The summed E-state index contributed by atoms with van der Waals surface area (Å²) in [5.41, 5.74) is 4.81. The van der Waals surface area contributed by atoms with Gasteiger partial charge in [0.1, 0.15) is 17.1 Å². The highest BCUT2D eigenvalue weighted by Gasteiger charge is 2.19. The van der Waals surface area contributed by atoms with Gasteiger partial charge in [0.05, 0.1) is 49.8 Å². The minimum atomic E-state index is -0.486. The molecule has 250 valence electrons. The Morgan fingerprint density at radius 1 is 0.500 bits per heavy atom. The maximum absolute atomic E-state index is 12.2. The van der Waals surface area contributed by atoms with Gasteiger partial charge in [0, 0.05) is 58.9 Å². The molecule has 1 aliphatic rings. The van der Waals surface area contributed by atoms with Gasteiger partial charge in [-0.3, -0.25) is 19.7 Å². The van der Waals surface area contributed by atoms with Crippen LogP contribution in [-0.4, -0.2) is 100 Å². The van der Waals surface area contributed by atoms with Crippen LogP contribution < -0.4 is 0 Å². The Balaban J connectivity index is 1.43. The molecule has 0 unspecified atom stereocenters. The van der Waals surface area contributed by atoms with Crippen LogP contribution in [0.25, 0.3) is 0 Å². The average molecular weight is 654 g/mol. The van der Waals surface area contributed by atoms with Crippen molar-refractivity contribution in [1.29, 1.82) is 0 Å². The second kappa shape index (κ2) is 16.6. The van der Waals surface area contributed by atoms with Crippen molar-refractivity contribution in [3.8, 4) is 0 Å². The largest absolute Gasteiger partial charge is 0.464 e. The lowest BCUT2D eigenvalue weighted by Crippen LogP contribution is -2.40. The number of pyridine rings is 4. The zero-order valence-corrected chi connectivity index (χ0v) is 27.4. The normalized spacial score (nSPS) is 14.7. The van der Waals surface area contributed by atoms with Crippen LogP contribution in [0.2, 0.25) is 0 Å². The molecule has 5 heterocycles. The van der Waals surface area contributed by atoms with Crippen molar-refractivity contribution in [1.82, 2.24) is 34.6 Å². The molecule has 4 aromatic rings. The Labute approximate surface area is 279 Å². The van der Waals surface area contributed by atoms with Crippen molar-refractivity contribution in [3.63, 3.8) is 0 Å². The highest BCUT2D eigenvalue weighted by atomic mass is 16.5.